The number of carbonyl (C=O) groups is 1. The number of hydrogen-bond donors (Lipinski definition) is 1. The second-order valence-corrected chi connectivity index (χ2v) is 9.21. The van der Waals surface area contributed by atoms with Gasteiger partial charge in [0.1, 0.15) is 0 Å². The van der Waals surface area contributed by atoms with Gasteiger partial charge in [-0.15, -0.1) is 10.2 Å². The van der Waals surface area contributed by atoms with Crippen LogP contribution in [0.1, 0.15) is 43.7 Å². The number of para-hydroxylation sites is 1. The number of hydrogen-bond acceptors (Lipinski definition) is 5. The minimum atomic E-state index is -0.138. The number of thioether (sulfide) groups is 1. The molecule has 0 saturated heterocycles. The van der Waals surface area contributed by atoms with Gasteiger partial charge in [0, 0.05) is 6.54 Å². The number of aromatic nitrogens is 4. The van der Waals surface area contributed by atoms with E-state index in [1.807, 2.05) is 60.7 Å². The van der Waals surface area contributed by atoms with Gasteiger partial charge in [0.2, 0.25) is 11.7 Å². The van der Waals surface area contributed by atoms with Crippen molar-refractivity contribution in [1.29, 1.82) is 0 Å². The first kappa shape index (κ1) is 23.0. The number of rotatable bonds is 9. The summed E-state index contributed by atoms with van der Waals surface area (Å²) in [6.07, 6.45) is 4.47. The summed E-state index contributed by atoms with van der Waals surface area (Å²) >= 11 is 1.33. The molecule has 8 heteroatoms. The van der Waals surface area contributed by atoms with Crippen LogP contribution in [0.2, 0.25) is 0 Å². The van der Waals surface area contributed by atoms with Crippen molar-refractivity contribution in [3.63, 3.8) is 0 Å². The van der Waals surface area contributed by atoms with E-state index in [2.05, 4.69) is 22.4 Å². The van der Waals surface area contributed by atoms with E-state index in [-0.39, 0.29) is 17.2 Å². The summed E-state index contributed by atoms with van der Waals surface area (Å²) < 4.78 is 3.49. The smallest absolute Gasteiger partial charge is 0.267 e. The Kier molecular flexibility index (Phi) is 7.13. The zero-order valence-electron chi connectivity index (χ0n) is 19.3. The number of benzene rings is 2. The van der Waals surface area contributed by atoms with Crippen LogP contribution >= 0.6 is 11.8 Å². The van der Waals surface area contributed by atoms with E-state index in [0.717, 1.165) is 35.2 Å². The van der Waals surface area contributed by atoms with E-state index in [4.69, 9.17) is 0 Å². The molecule has 2 heterocycles. The van der Waals surface area contributed by atoms with Gasteiger partial charge in [-0.2, -0.15) is 0 Å². The van der Waals surface area contributed by atoms with Crippen molar-refractivity contribution < 1.29 is 4.79 Å². The first-order valence-electron chi connectivity index (χ1n) is 11.4. The molecule has 0 unspecified atom stereocenters. The molecule has 0 atom stereocenters. The Morgan fingerprint density at radius 1 is 1.06 bits per heavy atom. The average molecular weight is 464 g/mol. The number of aryl methyl sites for hydroxylation is 2. The van der Waals surface area contributed by atoms with E-state index in [0.29, 0.717) is 22.9 Å². The fourth-order valence-corrected chi connectivity index (χ4v) is 4.68. The number of nitrogens with one attached hydrogen (secondary N) is 1. The van der Waals surface area contributed by atoms with Crippen molar-refractivity contribution in [2.75, 3.05) is 12.3 Å². The monoisotopic (exact) mass is 463 g/mol. The third kappa shape index (κ3) is 4.80. The predicted molar refractivity (Wildman–Crippen MR) is 133 cm³/mol. The number of fused-ring (bicyclic) bond motifs is 3. The molecule has 1 amide bonds. The fraction of sp³-hybridized carbons (Fsp3) is 0.360. The molecule has 7 nitrogen and oxygen atoms in total. The third-order valence-electron chi connectivity index (χ3n) is 5.69. The highest BCUT2D eigenvalue weighted by atomic mass is 32.2. The molecule has 33 heavy (non-hydrogen) atoms. The highest BCUT2D eigenvalue weighted by Gasteiger charge is 2.19. The van der Waals surface area contributed by atoms with Gasteiger partial charge in [-0.3, -0.25) is 14.0 Å². The Morgan fingerprint density at radius 2 is 1.88 bits per heavy atom. The molecule has 0 saturated carbocycles. The minimum absolute atomic E-state index is 0.0274. The topological polar surface area (TPSA) is 81.3 Å². The lowest BCUT2D eigenvalue weighted by atomic mass is 10.1. The normalized spacial score (nSPS) is 11.4. The lowest BCUT2D eigenvalue weighted by Crippen LogP contribution is -2.26. The fourth-order valence-electron chi connectivity index (χ4n) is 3.91. The van der Waals surface area contributed by atoms with Gasteiger partial charge in [-0.1, -0.05) is 62.2 Å². The molecule has 0 bridgehead atoms. The average Bonchev–Trinajstić information content (AvgIpc) is 3.23. The summed E-state index contributed by atoms with van der Waals surface area (Å²) in [7, 11) is 0. The van der Waals surface area contributed by atoms with E-state index >= 15 is 0 Å². The molecular formula is C25H29N5O2S. The molecule has 2 aromatic carbocycles. The summed E-state index contributed by atoms with van der Waals surface area (Å²) in [5.41, 5.74) is 3.40. The number of nitrogens with zero attached hydrogens (tertiary/aromatic N) is 4. The molecule has 172 valence electrons. The number of unbranched alkanes of at least 4 members (excludes halogenated alkanes) is 3. The van der Waals surface area contributed by atoms with Crippen molar-refractivity contribution in [1.82, 2.24) is 24.5 Å². The third-order valence-corrected chi connectivity index (χ3v) is 6.61. The van der Waals surface area contributed by atoms with Gasteiger partial charge < -0.3 is 5.32 Å². The molecule has 4 aromatic rings. The zero-order chi connectivity index (χ0) is 23.4. The Morgan fingerprint density at radius 3 is 2.70 bits per heavy atom. The summed E-state index contributed by atoms with van der Waals surface area (Å²) in [6.45, 7) is 6.83. The molecule has 4 rings (SSSR count). The lowest BCUT2D eigenvalue weighted by molar-refractivity contribution is -0.118. The van der Waals surface area contributed by atoms with Gasteiger partial charge in [0.05, 0.1) is 22.3 Å². The lowest BCUT2D eigenvalue weighted by Gasteiger charge is -2.14. The summed E-state index contributed by atoms with van der Waals surface area (Å²) in [6, 6.07) is 13.5. The number of amides is 1. The summed E-state index contributed by atoms with van der Waals surface area (Å²) in [5.74, 6) is 0.654. The van der Waals surface area contributed by atoms with Crippen molar-refractivity contribution in [2.45, 2.75) is 51.6 Å². The zero-order valence-corrected chi connectivity index (χ0v) is 20.1. The van der Waals surface area contributed by atoms with Crippen molar-refractivity contribution in [3.05, 3.63) is 63.9 Å². The quantitative estimate of drug-likeness (QED) is 0.293. The van der Waals surface area contributed by atoms with E-state index in [1.54, 1.807) is 4.57 Å². The molecule has 0 fully saturated rings. The Bertz CT molecular complexity index is 1360. The van der Waals surface area contributed by atoms with Crippen LogP contribution in [-0.4, -0.2) is 37.4 Å². The molecular weight excluding hydrogens is 434 g/mol. The predicted octanol–water partition coefficient (Wildman–Crippen LogP) is 4.44. The van der Waals surface area contributed by atoms with Crippen LogP contribution in [-0.2, 0) is 4.79 Å². The van der Waals surface area contributed by atoms with Crippen LogP contribution in [0, 0.1) is 13.8 Å². The molecule has 0 aliphatic heterocycles. The van der Waals surface area contributed by atoms with Crippen LogP contribution in [0.5, 0.6) is 0 Å². The van der Waals surface area contributed by atoms with Gasteiger partial charge in [0.15, 0.2) is 5.16 Å². The second kappa shape index (κ2) is 10.2. The number of carbonyl (C=O) groups excluding carboxylic acids is 1. The van der Waals surface area contributed by atoms with Crippen LogP contribution in [0.15, 0.2) is 52.4 Å². The van der Waals surface area contributed by atoms with Crippen LogP contribution in [0.4, 0.5) is 0 Å². The second-order valence-electron chi connectivity index (χ2n) is 8.26. The van der Waals surface area contributed by atoms with Crippen LogP contribution in [0.3, 0.4) is 0 Å². The van der Waals surface area contributed by atoms with Crippen molar-refractivity contribution >= 4 is 34.3 Å². The molecule has 0 aliphatic carbocycles. The van der Waals surface area contributed by atoms with Crippen molar-refractivity contribution in [2.24, 2.45) is 0 Å². The van der Waals surface area contributed by atoms with Gasteiger partial charge in [0.25, 0.3) is 5.56 Å². The highest BCUT2D eigenvalue weighted by molar-refractivity contribution is 7.99. The van der Waals surface area contributed by atoms with Crippen molar-refractivity contribution in [3.8, 4) is 5.69 Å². The van der Waals surface area contributed by atoms with E-state index in [9.17, 15) is 9.59 Å². The van der Waals surface area contributed by atoms with Gasteiger partial charge in [-0.05, 0) is 49.6 Å². The summed E-state index contributed by atoms with van der Waals surface area (Å²) in [4.78, 5) is 25.8. The minimum Gasteiger partial charge on any atom is -0.355 e. The molecule has 0 radical (unpaired) electrons. The molecule has 2 aromatic heterocycles. The maximum atomic E-state index is 13.5. The van der Waals surface area contributed by atoms with Crippen LogP contribution < -0.4 is 10.9 Å². The molecule has 0 spiro atoms. The maximum Gasteiger partial charge on any atom is 0.267 e. The maximum absolute atomic E-state index is 13.5. The van der Waals surface area contributed by atoms with Gasteiger partial charge >= 0.3 is 0 Å². The molecule has 0 aliphatic rings. The first-order chi connectivity index (χ1) is 16.0. The SMILES string of the molecule is CCCCCCNC(=O)CSc1nnc2n(-c3cc(C)ccc3C)c(=O)c3ccccc3n12. The highest BCUT2D eigenvalue weighted by Crippen LogP contribution is 2.24. The summed E-state index contributed by atoms with van der Waals surface area (Å²) in [5, 5.41) is 12.9. The first-order valence-corrected chi connectivity index (χ1v) is 12.4. The van der Waals surface area contributed by atoms with E-state index < -0.39 is 0 Å². The Hall–Kier alpha value is -3.13. The molecule has 1 N–H and O–H groups in total. The van der Waals surface area contributed by atoms with Crippen LogP contribution in [0.25, 0.3) is 22.4 Å². The van der Waals surface area contributed by atoms with E-state index in [1.165, 1.54) is 24.6 Å². The Labute approximate surface area is 197 Å². The standard InChI is InChI=1S/C25H29N5O2S/c1-4-5-6-9-14-26-22(31)16-33-25-28-27-24-29(21-15-17(2)12-13-18(21)3)23(32)19-10-7-8-11-20(19)30(24)25/h7-8,10-13,15H,4-6,9,14,16H2,1-3H3,(H,26,31). The largest absolute Gasteiger partial charge is 0.355 e. The Balaban J connectivity index is 1.71. The van der Waals surface area contributed by atoms with Gasteiger partial charge in [-0.25, -0.2) is 4.57 Å².